The quantitative estimate of drug-likeness (QED) is 0.741. The van der Waals surface area contributed by atoms with Crippen molar-refractivity contribution in [3.8, 4) is 16.5 Å². The van der Waals surface area contributed by atoms with Crippen LogP contribution in [0.1, 0.15) is 5.56 Å². The molecule has 1 saturated heterocycles. The number of aromatic nitrogens is 2. The van der Waals surface area contributed by atoms with Gasteiger partial charge in [-0.3, -0.25) is 5.32 Å². The van der Waals surface area contributed by atoms with E-state index in [9.17, 15) is 10.1 Å². The Morgan fingerprint density at radius 3 is 2.61 bits per heavy atom. The van der Waals surface area contributed by atoms with Crippen molar-refractivity contribution in [1.29, 1.82) is 5.26 Å². The van der Waals surface area contributed by atoms with Crippen molar-refractivity contribution in [2.45, 2.75) is 0 Å². The smallest absolute Gasteiger partial charge is 0.323 e. The molecule has 8 heteroatoms. The molecule has 28 heavy (non-hydrogen) atoms. The second-order valence-corrected chi connectivity index (χ2v) is 7.32. The second-order valence-electron chi connectivity index (χ2n) is 6.29. The Kier molecular flexibility index (Phi) is 5.17. The number of thiazole rings is 1. The predicted octanol–water partition coefficient (Wildman–Crippen LogP) is 3.43. The largest absolute Gasteiger partial charge is 0.352 e. The fourth-order valence-electron chi connectivity index (χ4n) is 3.10. The molecule has 2 aromatic heterocycles. The third kappa shape index (κ3) is 3.80. The SMILES string of the molecule is N#Cc1cccnc1N1CCN(C(=O)Nc2ncc(-c3ccccc3)s2)CC1. The fraction of sp³-hybridized carbons (Fsp3) is 0.200. The maximum atomic E-state index is 12.6. The standard InChI is InChI=1S/C20H18N6OS/c21-13-16-7-4-8-22-18(16)25-9-11-26(12-10-25)20(27)24-19-23-14-17(28-19)15-5-2-1-3-6-15/h1-8,14H,9-12H2,(H,23,24,27). The fourth-order valence-corrected chi connectivity index (χ4v) is 3.91. The first-order chi connectivity index (χ1) is 13.7. The maximum Gasteiger partial charge on any atom is 0.323 e. The molecule has 0 radical (unpaired) electrons. The van der Waals surface area contributed by atoms with E-state index in [4.69, 9.17) is 0 Å². The predicted molar refractivity (Wildman–Crippen MR) is 109 cm³/mol. The summed E-state index contributed by atoms with van der Waals surface area (Å²) in [6.07, 6.45) is 3.46. The van der Waals surface area contributed by atoms with Crippen LogP contribution in [-0.2, 0) is 0 Å². The van der Waals surface area contributed by atoms with Gasteiger partial charge >= 0.3 is 6.03 Å². The number of benzene rings is 1. The number of nitriles is 1. The van der Waals surface area contributed by atoms with E-state index in [0.29, 0.717) is 42.7 Å². The van der Waals surface area contributed by atoms with Crippen molar-refractivity contribution in [2.24, 2.45) is 0 Å². The van der Waals surface area contributed by atoms with E-state index in [0.717, 1.165) is 10.4 Å². The van der Waals surface area contributed by atoms with Gasteiger partial charge < -0.3 is 9.80 Å². The molecule has 0 bridgehead atoms. The van der Waals surface area contributed by atoms with Crippen LogP contribution in [0.5, 0.6) is 0 Å². The molecule has 3 heterocycles. The Hall–Kier alpha value is -3.44. The van der Waals surface area contributed by atoms with Crippen molar-refractivity contribution < 1.29 is 4.79 Å². The number of nitrogens with one attached hydrogen (secondary N) is 1. The van der Waals surface area contributed by atoms with E-state index in [1.807, 2.05) is 35.2 Å². The van der Waals surface area contributed by atoms with Gasteiger partial charge in [-0.25, -0.2) is 14.8 Å². The van der Waals surface area contributed by atoms with E-state index < -0.39 is 0 Å². The van der Waals surface area contributed by atoms with Gasteiger partial charge in [-0.1, -0.05) is 41.7 Å². The highest BCUT2D eigenvalue weighted by atomic mass is 32.1. The van der Waals surface area contributed by atoms with Crippen LogP contribution in [0.15, 0.2) is 54.9 Å². The summed E-state index contributed by atoms with van der Waals surface area (Å²) in [5.41, 5.74) is 1.63. The minimum atomic E-state index is -0.157. The van der Waals surface area contributed by atoms with E-state index in [1.165, 1.54) is 11.3 Å². The zero-order valence-corrected chi connectivity index (χ0v) is 15.9. The highest BCUT2D eigenvalue weighted by Gasteiger charge is 2.24. The number of hydrogen-bond acceptors (Lipinski definition) is 6. The summed E-state index contributed by atoms with van der Waals surface area (Å²) in [7, 11) is 0. The first-order valence-corrected chi connectivity index (χ1v) is 9.73. The van der Waals surface area contributed by atoms with Gasteiger partial charge in [-0.15, -0.1) is 0 Å². The van der Waals surface area contributed by atoms with Crippen LogP contribution >= 0.6 is 11.3 Å². The lowest BCUT2D eigenvalue weighted by Crippen LogP contribution is -2.50. The van der Waals surface area contributed by atoms with Crippen LogP contribution in [0.3, 0.4) is 0 Å². The molecule has 0 spiro atoms. The van der Waals surface area contributed by atoms with Crippen LogP contribution in [0.4, 0.5) is 15.7 Å². The van der Waals surface area contributed by atoms with Crippen molar-refractivity contribution in [2.75, 3.05) is 36.4 Å². The maximum absolute atomic E-state index is 12.6. The molecule has 0 unspecified atom stereocenters. The third-order valence-electron chi connectivity index (χ3n) is 4.55. The Morgan fingerprint density at radius 2 is 1.86 bits per heavy atom. The van der Waals surface area contributed by atoms with E-state index in [1.54, 1.807) is 29.4 Å². The summed E-state index contributed by atoms with van der Waals surface area (Å²) in [4.78, 5) is 26.0. The van der Waals surface area contributed by atoms with Gasteiger partial charge in [0.2, 0.25) is 0 Å². The Balaban J connectivity index is 1.36. The Labute approximate surface area is 166 Å². The Bertz CT molecular complexity index is 1000. The average Bonchev–Trinajstić information content (AvgIpc) is 3.23. The molecule has 3 aromatic rings. The monoisotopic (exact) mass is 390 g/mol. The molecule has 1 N–H and O–H groups in total. The minimum absolute atomic E-state index is 0.157. The number of amides is 2. The average molecular weight is 390 g/mol. The molecule has 4 rings (SSSR count). The minimum Gasteiger partial charge on any atom is -0.352 e. The van der Waals surface area contributed by atoms with Gasteiger partial charge in [-0.05, 0) is 17.7 Å². The number of anilines is 2. The first-order valence-electron chi connectivity index (χ1n) is 8.92. The van der Waals surface area contributed by atoms with Crippen LogP contribution in [0.25, 0.3) is 10.4 Å². The highest BCUT2D eigenvalue weighted by molar-refractivity contribution is 7.19. The molecule has 0 saturated carbocycles. The molecular formula is C20H18N6OS. The lowest BCUT2D eigenvalue weighted by molar-refractivity contribution is 0.208. The van der Waals surface area contributed by atoms with Gasteiger partial charge in [0.25, 0.3) is 0 Å². The molecule has 140 valence electrons. The number of hydrogen-bond donors (Lipinski definition) is 1. The number of urea groups is 1. The van der Waals surface area contributed by atoms with Gasteiger partial charge in [-0.2, -0.15) is 5.26 Å². The molecular weight excluding hydrogens is 372 g/mol. The van der Waals surface area contributed by atoms with Crippen LogP contribution in [0, 0.1) is 11.3 Å². The van der Waals surface area contributed by atoms with Crippen LogP contribution in [0.2, 0.25) is 0 Å². The summed E-state index contributed by atoms with van der Waals surface area (Å²) < 4.78 is 0. The van der Waals surface area contributed by atoms with Crippen molar-refractivity contribution >= 4 is 28.3 Å². The molecule has 1 aromatic carbocycles. The number of piperazine rings is 1. The molecule has 1 aliphatic rings. The van der Waals surface area contributed by atoms with Crippen molar-refractivity contribution in [1.82, 2.24) is 14.9 Å². The topological polar surface area (TPSA) is 85.2 Å². The summed E-state index contributed by atoms with van der Waals surface area (Å²) in [5.74, 6) is 0.678. The first kappa shape index (κ1) is 17.9. The number of carbonyl (C=O) groups is 1. The molecule has 1 aliphatic heterocycles. The zero-order valence-electron chi connectivity index (χ0n) is 15.1. The van der Waals surface area contributed by atoms with Crippen LogP contribution < -0.4 is 10.2 Å². The van der Waals surface area contributed by atoms with Gasteiger partial charge in [0.1, 0.15) is 11.9 Å². The number of pyridine rings is 1. The van der Waals surface area contributed by atoms with E-state index >= 15 is 0 Å². The number of rotatable bonds is 3. The van der Waals surface area contributed by atoms with Crippen molar-refractivity contribution in [3.63, 3.8) is 0 Å². The van der Waals surface area contributed by atoms with E-state index in [-0.39, 0.29) is 6.03 Å². The molecule has 0 atom stereocenters. The summed E-state index contributed by atoms with van der Waals surface area (Å²) >= 11 is 1.45. The van der Waals surface area contributed by atoms with Crippen molar-refractivity contribution in [3.05, 3.63) is 60.4 Å². The van der Waals surface area contributed by atoms with Gasteiger partial charge in [0, 0.05) is 38.6 Å². The second kappa shape index (κ2) is 8.06. The summed E-state index contributed by atoms with van der Waals surface area (Å²) in [5, 5.41) is 12.7. The molecule has 1 fully saturated rings. The van der Waals surface area contributed by atoms with Gasteiger partial charge in [0.05, 0.1) is 10.4 Å². The molecule has 7 nitrogen and oxygen atoms in total. The molecule has 2 amide bonds. The highest BCUT2D eigenvalue weighted by Crippen LogP contribution is 2.28. The Morgan fingerprint density at radius 1 is 1.07 bits per heavy atom. The normalized spacial score (nSPS) is 13.8. The summed E-state index contributed by atoms with van der Waals surface area (Å²) in [6, 6.07) is 15.5. The summed E-state index contributed by atoms with van der Waals surface area (Å²) in [6.45, 7) is 2.38. The van der Waals surface area contributed by atoms with Crippen LogP contribution in [-0.4, -0.2) is 47.1 Å². The number of nitrogens with zero attached hydrogens (tertiary/aromatic N) is 5. The lowest BCUT2D eigenvalue weighted by Gasteiger charge is -2.35. The number of carbonyl (C=O) groups excluding carboxylic acids is 1. The lowest BCUT2D eigenvalue weighted by atomic mass is 10.2. The zero-order chi connectivity index (χ0) is 19.3. The third-order valence-corrected chi connectivity index (χ3v) is 5.51. The molecule has 0 aliphatic carbocycles. The van der Waals surface area contributed by atoms with Gasteiger partial charge in [0.15, 0.2) is 5.13 Å². The van der Waals surface area contributed by atoms with E-state index in [2.05, 4.69) is 21.4 Å².